The van der Waals surface area contributed by atoms with Gasteiger partial charge in [0.1, 0.15) is 16.6 Å². The van der Waals surface area contributed by atoms with Crippen molar-refractivity contribution in [1.29, 1.82) is 5.26 Å². The lowest BCUT2D eigenvalue weighted by atomic mass is 10.0. The Bertz CT molecular complexity index is 1010. The number of nitrogens with one attached hydrogen (secondary N) is 1. The molecule has 0 spiro atoms. The van der Waals surface area contributed by atoms with Crippen molar-refractivity contribution in [3.8, 4) is 6.07 Å². The van der Waals surface area contributed by atoms with Crippen molar-refractivity contribution < 1.29 is 14.5 Å². The number of anilines is 1. The number of nitrogens with zero attached hydrogens (tertiary/aromatic N) is 3. The Labute approximate surface area is 163 Å². The molecule has 8 nitrogen and oxygen atoms in total. The molecule has 1 N–H and O–H groups in total. The van der Waals surface area contributed by atoms with Gasteiger partial charge in [-0.05, 0) is 24.1 Å². The van der Waals surface area contributed by atoms with Crippen LogP contribution in [0.5, 0.6) is 0 Å². The van der Waals surface area contributed by atoms with Crippen LogP contribution in [-0.2, 0) is 17.8 Å². The first kappa shape index (κ1) is 18.8. The van der Waals surface area contributed by atoms with E-state index in [4.69, 9.17) is 11.6 Å². The Balaban J connectivity index is 1.95. The molecule has 0 saturated heterocycles. The minimum atomic E-state index is -0.720. The molecule has 0 fully saturated rings. The largest absolute Gasteiger partial charge is 0.337 e. The fourth-order valence-electron chi connectivity index (χ4n) is 2.90. The first-order valence-corrected chi connectivity index (χ1v) is 9.06. The summed E-state index contributed by atoms with van der Waals surface area (Å²) in [5.74, 6) is -0.782. The number of halogens is 1. The highest BCUT2D eigenvalue weighted by molar-refractivity contribution is 7.16. The zero-order chi connectivity index (χ0) is 19.7. The zero-order valence-corrected chi connectivity index (χ0v) is 15.7. The lowest BCUT2D eigenvalue weighted by molar-refractivity contribution is -0.385. The van der Waals surface area contributed by atoms with Gasteiger partial charge in [-0.25, -0.2) is 0 Å². The molecular weight excluding hydrogens is 392 g/mol. The van der Waals surface area contributed by atoms with Crippen molar-refractivity contribution in [2.45, 2.75) is 19.9 Å². The van der Waals surface area contributed by atoms with E-state index in [9.17, 15) is 25.0 Å². The minimum Gasteiger partial charge on any atom is -0.337 e. The van der Waals surface area contributed by atoms with Crippen LogP contribution in [0, 0.1) is 21.4 Å². The molecule has 0 saturated carbocycles. The molecule has 10 heteroatoms. The number of nitriles is 1. The molecule has 1 aromatic carbocycles. The summed E-state index contributed by atoms with van der Waals surface area (Å²) in [6.07, 6.45) is 0.515. The quantitative estimate of drug-likeness (QED) is 0.622. The highest BCUT2D eigenvalue weighted by Crippen LogP contribution is 2.37. The molecule has 1 aliphatic heterocycles. The van der Waals surface area contributed by atoms with Gasteiger partial charge in [0, 0.05) is 29.4 Å². The fourth-order valence-corrected chi connectivity index (χ4v) is 4.28. The van der Waals surface area contributed by atoms with Gasteiger partial charge in [-0.3, -0.25) is 19.7 Å². The highest BCUT2D eigenvalue weighted by Gasteiger charge is 2.28. The molecular formula is C17H13ClN4O4S. The van der Waals surface area contributed by atoms with Gasteiger partial charge in [-0.15, -0.1) is 11.3 Å². The maximum absolute atomic E-state index is 12.6. The SMILES string of the molecule is CC(=O)N1CCc2c(sc(NC(=O)c3cc(Cl)ccc3[N+](=O)[O-])c2C#N)C1. The predicted octanol–water partition coefficient (Wildman–Crippen LogP) is 3.34. The second-order valence-corrected chi connectivity index (χ2v) is 7.42. The maximum atomic E-state index is 12.6. The minimum absolute atomic E-state index is 0.0623. The topological polar surface area (TPSA) is 116 Å². The van der Waals surface area contributed by atoms with Crippen molar-refractivity contribution in [1.82, 2.24) is 4.90 Å². The number of thiophene rings is 1. The van der Waals surface area contributed by atoms with Crippen molar-refractivity contribution in [3.05, 3.63) is 54.9 Å². The van der Waals surface area contributed by atoms with Gasteiger partial charge in [0.25, 0.3) is 11.6 Å². The molecule has 3 rings (SSSR count). The van der Waals surface area contributed by atoms with E-state index in [1.165, 1.54) is 30.4 Å². The number of hydrogen-bond acceptors (Lipinski definition) is 6. The Morgan fingerprint density at radius 1 is 1.44 bits per heavy atom. The first-order chi connectivity index (χ1) is 12.8. The molecule has 27 heavy (non-hydrogen) atoms. The van der Waals surface area contributed by atoms with Crippen LogP contribution in [0.1, 0.15) is 33.3 Å². The van der Waals surface area contributed by atoms with Gasteiger partial charge >= 0.3 is 0 Å². The smallest absolute Gasteiger partial charge is 0.282 e. The van der Waals surface area contributed by atoms with Gasteiger partial charge in [0.05, 0.1) is 17.0 Å². The molecule has 0 bridgehead atoms. The van der Waals surface area contributed by atoms with E-state index >= 15 is 0 Å². The second kappa shape index (κ2) is 7.34. The average Bonchev–Trinajstić information content (AvgIpc) is 2.97. The Kier molecular flexibility index (Phi) is 5.12. The number of hydrogen-bond donors (Lipinski definition) is 1. The number of nitro benzene ring substituents is 1. The first-order valence-electron chi connectivity index (χ1n) is 7.87. The Hall–Kier alpha value is -2.96. The van der Waals surface area contributed by atoms with Gasteiger partial charge < -0.3 is 10.2 Å². The molecule has 1 aromatic heterocycles. The van der Waals surface area contributed by atoms with Gasteiger partial charge in [0.15, 0.2) is 0 Å². The molecule has 0 atom stereocenters. The molecule has 2 heterocycles. The van der Waals surface area contributed by atoms with E-state index in [1.807, 2.05) is 0 Å². The summed E-state index contributed by atoms with van der Waals surface area (Å²) in [6, 6.07) is 5.79. The van der Waals surface area contributed by atoms with Crippen LogP contribution < -0.4 is 5.32 Å². The van der Waals surface area contributed by atoms with Crippen LogP contribution in [0.2, 0.25) is 5.02 Å². The lowest BCUT2D eigenvalue weighted by Crippen LogP contribution is -2.33. The van der Waals surface area contributed by atoms with Crippen molar-refractivity contribution in [2.75, 3.05) is 11.9 Å². The predicted molar refractivity (Wildman–Crippen MR) is 99.9 cm³/mol. The summed E-state index contributed by atoms with van der Waals surface area (Å²) in [5.41, 5.74) is 0.569. The van der Waals surface area contributed by atoms with E-state index < -0.39 is 10.8 Å². The summed E-state index contributed by atoms with van der Waals surface area (Å²) < 4.78 is 0. The van der Waals surface area contributed by atoms with Crippen LogP contribution in [0.4, 0.5) is 10.7 Å². The number of carbonyl (C=O) groups is 2. The van der Waals surface area contributed by atoms with E-state index in [0.29, 0.717) is 30.1 Å². The van der Waals surface area contributed by atoms with Gasteiger partial charge in [-0.1, -0.05) is 11.6 Å². The number of rotatable bonds is 3. The third-order valence-corrected chi connectivity index (χ3v) is 5.61. The third-order valence-electron chi connectivity index (χ3n) is 4.24. The summed E-state index contributed by atoms with van der Waals surface area (Å²) in [5, 5.41) is 23.8. The Morgan fingerprint density at radius 3 is 2.81 bits per heavy atom. The monoisotopic (exact) mass is 404 g/mol. The molecule has 1 aliphatic rings. The normalized spacial score (nSPS) is 12.9. The van der Waals surface area contributed by atoms with Crippen LogP contribution in [0.25, 0.3) is 0 Å². The number of benzene rings is 1. The summed E-state index contributed by atoms with van der Waals surface area (Å²) in [7, 11) is 0. The summed E-state index contributed by atoms with van der Waals surface area (Å²) in [6.45, 7) is 2.35. The van der Waals surface area contributed by atoms with Gasteiger partial charge in [0.2, 0.25) is 5.91 Å². The number of fused-ring (bicyclic) bond motifs is 1. The van der Waals surface area contributed by atoms with E-state index in [0.717, 1.165) is 16.5 Å². The van der Waals surface area contributed by atoms with Crippen molar-refractivity contribution in [3.63, 3.8) is 0 Å². The zero-order valence-electron chi connectivity index (χ0n) is 14.1. The second-order valence-electron chi connectivity index (χ2n) is 5.88. The van der Waals surface area contributed by atoms with Crippen LogP contribution in [0.15, 0.2) is 18.2 Å². The van der Waals surface area contributed by atoms with Gasteiger partial charge in [-0.2, -0.15) is 5.26 Å². The number of carbonyl (C=O) groups excluding carboxylic acids is 2. The van der Waals surface area contributed by atoms with Crippen LogP contribution >= 0.6 is 22.9 Å². The lowest BCUT2D eigenvalue weighted by Gasteiger charge is -2.25. The molecule has 0 unspecified atom stereocenters. The summed E-state index contributed by atoms with van der Waals surface area (Å²) in [4.78, 5) is 37.2. The van der Waals surface area contributed by atoms with Crippen molar-refractivity contribution in [2.24, 2.45) is 0 Å². The third kappa shape index (κ3) is 3.63. The molecule has 138 valence electrons. The maximum Gasteiger partial charge on any atom is 0.282 e. The molecule has 0 radical (unpaired) electrons. The van der Waals surface area contributed by atoms with Crippen molar-refractivity contribution >= 4 is 45.4 Å². The van der Waals surface area contributed by atoms with E-state index in [-0.39, 0.29) is 22.2 Å². The molecule has 2 aromatic rings. The van der Waals surface area contributed by atoms with E-state index in [1.54, 1.807) is 4.90 Å². The fraction of sp³-hybridized carbons (Fsp3) is 0.235. The highest BCUT2D eigenvalue weighted by atomic mass is 35.5. The standard InChI is InChI=1S/C17H13ClN4O4S/c1-9(23)21-5-4-11-13(7-19)17(27-15(11)8-21)20-16(24)12-6-10(18)2-3-14(12)22(25)26/h2-3,6H,4-5,8H2,1H3,(H,20,24). The molecule has 2 amide bonds. The molecule has 0 aliphatic carbocycles. The number of nitro groups is 1. The average molecular weight is 405 g/mol. The van der Waals surface area contributed by atoms with Crippen LogP contribution in [-0.4, -0.2) is 28.2 Å². The summed E-state index contributed by atoms with van der Waals surface area (Å²) >= 11 is 7.06. The van der Waals surface area contributed by atoms with E-state index in [2.05, 4.69) is 11.4 Å². The Morgan fingerprint density at radius 2 is 2.19 bits per heavy atom. The number of amides is 2. The van der Waals surface area contributed by atoms with Crippen LogP contribution in [0.3, 0.4) is 0 Å².